The molecule has 6 aromatic carbocycles. The molecule has 0 bridgehead atoms. The predicted molar refractivity (Wildman–Crippen MR) is 188 cm³/mol. The molecule has 0 unspecified atom stereocenters. The quantitative estimate of drug-likeness (QED) is 0.194. The molecule has 8 aromatic rings. The first-order valence-electron chi connectivity index (χ1n) is 15.3. The maximum Gasteiger partial charge on any atom is 0.164 e. The number of aromatic nitrogens is 4. The lowest BCUT2D eigenvalue weighted by Gasteiger charge is -2.12. The minimum atomic E-state index is 0.631. The zero-order valence-electron chi connectivity index (χ0n) is 25.0. The van der Waals surface area contributed by atoms with Gasteiger partial charge in [-0.05, 0) is 62.9 Å². The van der Waals surface area contributed by atoms with Gasteiger partial charge in [-0.3, -0.25) is 4.98 Å². The molecule has 0 spiro atoms. The highest BCUT2D eigenvalue weighted by Gasteiger charge is 2.14. The highest BCUT2D eigenvalue weighted by Crippen LogP contribution is 2.35. The third-order valence-electron chi connectivity index (χ3n) is 8.21. The van der Waals surface area contributed by atoms with Crippen LogP contribution in [-0.2, 0) is 0 Å². The molecule has 0 aliphatic heterocycles. The van der Waals surface area contributed by atoms with Gasteiger partial charge < -0.3 is 0 Å². The highest BCUT2D eigenvalue weighted by molar-refractivity contribution is 6.00. The second-order valence-electron chi connectivity index (χ2n) is 11.2. The fourth-order valence-electron chi connectivity index (χ4n) is 5.87. The summed E-state index contributed by atoms with van der Waals surface area (Å²) in [7, 11) is 0. The molecule has 0 fully saturated rings. The van der Waals surface area contributed by atoms with Crippen LogP contribution in [0.1, 0.15) is 0 Å². The number of nitrogens with zero attached hydrogens (tertiary/aromatic N) is 4. The van der Waals surface area contributed by atoms with E-state index in [4.69, 9.17) is 15.0 Å². The molecule has 4 nitrogen and oxygen atoms in total. The topological polar surface area (TPSA) is 51.6 Å². The zero-order chi connectivity index (χ0) is 30.7. The second-order valence-corrected chi connectivity index (χ2v) is 11.2. The predicted octanol–water partition coefficient (Wildman–Crippen LogP) is 10.4. The molecule has 0 saturated carbocycles. The third-order valence-corrected chi connectivity index (χ3v) is 8.21. The minimum absolute atomic E-state index is 0.631. The molecule has 0 atom stereocenters. The average Bonchev–Trinajstić information content (AvgIpc) is 3.15. The molecule has 0 saturated heterocycles. The lowest BCUT2D eigenvalue weighted by Crippen LogP contribution is -2.00. The minimum Gasteiger partial charge on any atom is -0.264 e. The van der Waals surface area contributed by atoms with Gasteiger partial charge in [0.25, 0.3) is 0 Å². The van der Waals surface area contributed by atoms with Crippen LogP contribution in [0, 0.1) is 0 Å². The van der Waals surface area contributed by atoms with Crippen molar-refractivity contribution in [1.82, 2.24) is 19.9 Å². The summed E-state index contributed by atoms with van der Waals surface area (Å²) >= 11 is 0. The maximum atomic E-state index is 5.02. The van der Waals surface area contributed by atoms with E-state index in [1.54, 1.807) is 0 Å². The first-order chi connectivity index (χ1) is 22.8. The van der Waals surface area contributed by atoms with E-state index in [0.717, 1.165) is 44.5 Å². The van der Waals surface area contributed by atoms with Crippen molar-refractivity contribution in [2.24, 2.45) is 0 Å². The summed E-state index contributed by atoms with van der Waals surface area (Å²) in [6.07, 6.45) is 3.73. The van der Waals surface area contributed by atoms with E-state index in [2.05, 4.69) is 120 Å². The van der Waals surface area contributed by atoms with Crippen molar-refractivity contribution < 1.29 is 0 Å². The molecule has 0 N–H and O–H groups in total. The van der Waals surface area contributed by atoms with Crippen LogP contribution in [0.3, 0.4) is 0 Å². The van der Waals surface area contributed by atoms with E-state index < -0.39 is 0 Å². The molecule has 2 aromatic heterocycles. The zero-order valence-corrected chi connectivity index (χ0v) is 25.0. The van der Waals surface area contributed by atoms with Gasteiger partial charge >= 0.3 is 0 Å². The van der Waals surface area contributed by atoms with Gasteiger partial charge in [-0.25, -0.2) is 15.0 Å². The molecular weight excluding hydrogens is 560 g/mol. The van der Waals surface area contributed by atoms with E-state index in [-0.39, 0.29) is 0 Å². The first kappa shape index (κ1) is 27.3. The number of hydrogen-bond donors (Lipinski definition) is 0. The Bertz CT molecular complexity index is 2280. The van der Waals surface area contributed by atoms with Gasteiger partial charge in [0.2, 0.25) is 0 Å². The van der Waals surface area contributed by atoms with Gasteiger partial charge in [0.15, 0.2) is 17.5 Å². The lowest BCUT2D eigenvalue weighted by molar-refractivity contribution is 1.07. The van der Waals surface area contributed by atoms with E-state index >= 15 is 0 Å². The monoisotopic (exact) mass is 588 g/mol. The van der Waals surface area contributed by atoms with Crippen molar-refractivity contribution in [1.29, 1.82) is 0 Å². The van der Waals surface area contributed by atoms with E-state index in [1.807, 2.05) is 54.9 Å². The van der Waals surface area contributed by atoms with Crippen LogP contribution in [0.2, 0.25) is 0 Å². The van der Waals surface area contributed by atoms with Gasteiger partial charge in [0.1, 0.15) is 0 Å². The summed E-state index contributed by atoms with van der Waals surface area (Å²) in [6, 6.07) is 54.4. The number of rotatable bonds is 6. The molecule has 0 aliphatic carbocycles. The molecule has 4 heteroatoms. The lowest BCUT2D eigenvalue weighted by atomic mass is 9.93. The van der Waals surface area contributed by atoms with Crippen LogP contribution in [-0.4, -0.2) is 19.9 Å². The summed E-state index contributed by atoms with van der Waals surface area (Å²) in [5.74, 6) is 1.91. The van der Waals surface area contributed by atoms with Crippen molar-refractivity contribution in [2.75, 3.05) is 0 Å². The van der Waals surface area contributed by atoms with Gasteiger partial charge in [-0.2, -0.15) is 0 Å². The van der Waals surface area contributed by atoms with Crippen molar-refractivity contribution >= 4 is 10.8 Å². The van der Waals surface area contributed by atoms with Crippen LogP contribution in [0.5, 0.6) is 0 Å². The van der Waals surface area contributed by atoms with Crippen molar-refractivity contribution in [3.63, 3.8) is 0 Å². The Balaban J connectivity index is 1.24. The van der Waals surface area contributed by atoms with Gasteiger partial charge in [0.05, 0.1) is 0 Å². The third kappa shape index (κ3) is 5.44. The summed E-state index contributed by atoms with van der Waals surface area (Å²) in [6.45, 7) is 0. The van der Waals surface area contributed by atoms with Crippen molar-refractivity contribution in [3.8, 4) is 67.5 Å². The van der Waals surface area contributed by atoms with Crippen molar-refractivity contribution in [2.45, 2.75) is 0 Å². The second kappa shape index (κ2) is 12.0. The molecule has 2 heterocycles. The summed E-state index contributed by atoms with van der Waals surface area (Å²) in [5, 5.41) is 2.38. The normalized spacial score (nSPS) is 11.0. The highest BCUT2D eigenvalue weighted by atomic mass is 15.0. The Morgan fingerprint density at radius 3 is 1.59 bits per heavy atom. The van der Waals surface area contributed by atoms with Gasteiger partial charge in [-0.15, -0.1) is 0 Å². The number of fused-ring (bicyclic) bond motifs is 1. The Hall–Kier alpha value is -6.26. The first-order valence-corrected chi connectivity index (χ1v) is 15.3. The van der Waals surface area contributed by atoms with Crippen molar-refractivity contribution in [3.05, 3.63) is 170 Å². The number of hydrogen-bond acceptors (Lipinski definition) is 4. The Labute approximate surface area is 267 Å². The molecule has 216 valence electrons. The van der Waals surface area contributed by atoms with Crippen LogP contribution >= 0.6 is 0 Å². The summed E-state index contributed by atoms with van der Waals surface area (Å²) < 4.78 is 0. The Kier molecular flexibility index (Phi) is 7.14. The maximum absolute atomic E-state index is 5.02. The fourth-order valence-corrected chi connectivity index (χ4v) is 5.87. The van der Waals surface area contributed by atoms with Crippen LogP contribution < -0.4 is 0 Å². The van der Waals surface area contributed by atoms with Crippen LogP contribution in [0.4, 0.5) is 0 Å². The SMILES string of the molecule is c1ccc(-c2ccc(-c3nc(-c4ccccc4)nc(-c4cccc(-c5cc(-c6cccnc6)c6ccccc6c5)c4)n3)cc2)cc1. The Morgan fingerprint density at radius 2 is 0.870 bits per heavy atom. The Morgan fingerprint density at radius 1 is 0.326 bits per heavy atom. The molecule has 8 rings (SSSR count). The van der Waals surface area contributed by atoms with Gasteiger partial charge in [-0.1, -0.05) is 133 Å². The largest absolute Gasteiger partial charge is 0.264 e. The van der Waals surface area contributed by atoms with Gasteiger partial charge in [0, 0.05) is 34.6 Å². The average molecular weight is 589 g/mol. The van der Waals surface area contributed by atoms with Crippen LogP contribution in [0.25, 0.3) is 78.3 Å². The molecule has 0 radical (unpaired) electrons. The molecular formula is C42H28N4. The van der Waals surface area contributed by atoms with E-state index in [0.29, 0.717) is 17.5 Å². The molecule has 0 amide bonds. The summed E-state index contributed by atoms with van der Waals surface area (Å²) in [4.78, 5) is 19.3. The smallest absolute Gasteiger partial charge is 0.164 e. The van der Waals surface area contributed by atoms with Crippen LogP contribution in [0.15, 0.2) is 170 Å². The number of benzene rings is 6. The van der Waals surface area contributed by atoms with E-state index in [1.165, 1.54) is 16.3 Å². The number of pyridine rings is 1. The molecule has 0 aliphatic rings. The fraction of sp³-hybridized carbons (Fsp3) is 0. The standard InChI is InChI=1S/C42H28N4/c1-3-11-29(12-4-1)30-20-22-32(23-21-30)41-44-40(31-13-5-2-6-14-31)45-42(46-41)35-17-9-16-33(25-35)37-26-34-15-7-8-19-38(34)39(27-37)36-18-10-24-43-28-36/h1-28H. The molecule has 46 heavy (non-hydrogen) atoms. The van der Waals surface area contributed by atoms with E-state index in [9.17, 15) is 0 Å². The summed E-state index contributed by atoms with van der Waals surface area (Å²) in [5.41, 5.74) is 9.58.